The fourth-order valence-corrected chi connectivity index (χ4v) is 5.49. The van der Waals surface area contributed by atoms with Crippen molar-refractivity contribution >= 4 is 33.0 Å². The number of thiophene rings is 1. The fraction of sp³-hybridized carbons (Fsp3) is 0.261. The zero-order valence-electron chi connectivity index (χ0n) is 17.5. The molecule has 2 N–H and O–H groups in total. The van der Waals surface area contributed by atoms with Crippen molar-refractivity contribution in [1.82, 2.24) is 5.32 Å². The normalized spacial score (nSPS) is 13.9. The van der Waals surface area contributed by atoms with Gasteiger partial charge in [0.05, 0.1) is 12.5 Å². The second kappa shape index (κ2) is 9.62. The second-order valence-corrected chi connectivity index (χ2v) is 10.2. The van der Waals surface area contributed by atoms with Crippen LogP contribution in [0, 0.1) is 0 Å². The topological polar surface area (TPSA) is 93.7 Å². The smallest absolute Gasteiger partial charge is 0.271 e. The summed E-state index contributed by atoms with van der Waals surface area (Å²) < 4.78 is 38.7. The van der Waals surface area contributed by atoms with Crippen LogP contribution in [0.3, 0.4) is 0 Å². The van der Waals surface area contributed by atoms with Crippen molar-refractivity contribution < 1.29 is 22.7 Å². The number of amides is 1. The number of ether oxygens (including phenoxy) is 2. The quantitative estimate of drug-likeness (QED) is 0.514. The van der Waals surface area contributed by atoms with E-state index in [-0.39, 0.29) is 22.6 Å². The van der Waals surface area contributed by atoms with Gasteiger partial charge in [-0.25, -0.2) is 8.42 Å². The molecule has 0 aliphatic carbocycles. The molecule has 7 nitrogen and oxygen atoms in total. The van der Waals surface area contributed by atoms with E-state index in [0.717, 1.165) is 34.6 Å². The van der Waals surface area contributed by atoms with E-state index < -0.39 is 10.0 Å². The van der Waals surface area contributed by atoms with Crippen LogP contribution in [0.4, 0.5) is 5.69 Å². The van der Waals surface area contributed by atoms with Gasteiger partial charge in [-0.2, -0.15) is 0 Å². The summed E-state index contributed by atoms with van der Waals surface area (Å²) in [4.78, 5) is 12.6. The Morgan fingerprint density at radius 3 is 2.50 bits per heavy atom. The van der Waals surface area contributed by atoms with Gasteiger partial charge in [0.2, 0.25) is 5.91 Å². The first-order valence-corrected chi connectivity index (χ1v) is 12.6. The average Bonchev–Trinajstić information content (AvgIpc) is 3.34. The molecule has 1 aromatic heterocycles. The molecule has 1 unspecified atom stereocenters. The maximum Gasteiger partial charge on any atom is 0.271 e. The first-order chi connectivity index (χ1) is 15.4. The molecule has 0 saturated carbocycles. The minimum absolute atomic E-state index is 0.112. The Morgan fingerprint density at radius 2 is 1.81 bits per heavy atom. The predicted octanol–water partition coefficient (Wildman–Crippen LogP) is 4.13. The zero-order valence-corrected chi connectivity index (χ0v) is 19.2. The first-order valence-electron chi connectivity index (χ1n) is 10.3. The lowest BCUT2D eigenvalue weighted by molar-refractivity contribution is -0.121. The van der Waals surface area contributed by atoms with Gasteiger partial charge in [0.25, 0.3) is 10.0 Å². The highest BCUT2D eigenvalue weighted by atomic mass is 32.2. The van der Waals surface area contributed by atoms with Crippen LogP contribution in [0.5, 0.6) is 11.5 Å². The van der Waals surface area contributed by atoms with Gasteiger partial charge in [0.1, 0.15) is 17.4 Å². The number of hydrogen-bond acceptors (Lipinski definition) is 6. The van der Waals surface area contributed by atoms with Crippen molar-refractivity contribution in [1.29, 1.82) is 0 Å². The average molecular weight is 473 g/mol. The highest BCUT2D eigenvalue weighted by Crippen LogP contribution is 2.33. The van der Waals surface area contributed by atoms with E-state index in [0.29, 0.717) is 24.7 Å². The highest BCUT2D eigenvalue weighted by molar-refractivity contribution is 7.94. The zero-order chi connectivity index (χ0) is 22.6. The van der Waals surface area contributed by atoms with Crippen molar-refractivity contribution in [3.63, 3.8) is 0 Å². The van der Waals surface area contributed by atoms with E-state index in [1.807, 2.05) is 25.1 Å². The Labute approximate surface area is 191 Å². The van der Waals surface area contributed by atoms with Gasteiger partial charge in [-0.3, -0.25) is 9.52 Å². The van der Waals surface area contributed by atoms with Crippen LogP contribution in [0.25, 0.3) is 0 Å². The third-order valence-electron chi connectivity index (χ3n) is 5.04. The Morgan fingerprint density at radius 1 is 1.06 bits per heavy atom. The van der Waals surface area contributed by atoms with Crippen LogP contribution in [0.1, 0.15) is 30.5 Å². The summed E-state index contributed by atoms with van der Waals surface area (Å²) in [6.45, 7) is 3.06. The van der Waals surface area contributed by atoms with Crippen LogP contribution >= 0.6 is 11.3 Å². The van der Waals surface area contributed by atoms with E-state index in [2.05, 4.69) is 10.0 Å². The second-order valence-electron chi connectivity index (χ2n) is 7.34. The van der Waals surface area contributed by atoms with Crippen LogP contribution in [-0.2, 0) is 21.2 Å². The molecule has 32 heavy (non-hydrogen) atoms. The molecule has 2 aromatic carbocycles. The number of carbonyl (C=O) groups is 1. The van der Waals surface area contributed by atoms with Crippen molar-refractivity contribution in [3.05, 3.63) is 71.1 Å². The van der Waals surface area contributed by atoms with Gasteiger partial charge < -0.3 is 14.8 Å². The summed E-state index contributed by atoms with van der Waals surface area (Å²) in [5.41, 5.74) is 2.20. The van der Waals surface area contributed by atoms with Crippen molar-refractivity contribution in [2.45, 2.75) is 30.0 Å². The molecule has 2 heterocycles. The summed E-state index contributed by atoms with van der Waals surface area (Å²) in [5.74, 6) is 1.30. The Kier molecular flexibility index (Phi) is 6.66. The van der Waals surface area contributed by atoms with Gasteiger partial charge in [0.15, 0.2) is 11.5 Å². The molecule has 0 fully saturated rings. The number of sulfonamides is 1. The van der Waals surface area contributed by atoms with Gasteiger partial charge in [0, 0.05) is 5.69 Å². The minimum Gasteiger partial charge on any atom is -0.486 e. The van der Waals surface area contributed by atoms with Gasteiger partial charge in [-0.15, -0.1) is 11.3 Å². The Bertz CT molecular complexity index is 1180. The molecule has 1 atom stereocenters. The molecular weight excluding hydrogens is 448 g/mol. The number of anilines is 1. The van der Waals surface area contributed by atoms with Crippen LogP contribution < -0.4 is 19.5 Å². The molecule has 168 valence electrons. The Hall–Kier alpha value is -3.04. The van der Waals surface area contributed by atoms with Crippen LogP contribution in [0.15, 0.2) is 64.2 Å². The molecule has 1 amide bonds. The monoisotopic (exact) mass is 472 g/mol. The molecular formula is C23H24N2O5S2. The van der Waals surface area contributed by atoms with Gasteiger partial charge in [-0.1, -0.05) is 31.2 Å². The van der Waals surface area contributed by atoms with E-state index in [1.54, 1.807) is 41.8 Å². The summed E-state index contributed by atoms with van der Waals surface area (Å²) in [6.07, 6.45) is 0.924. The van der Waals surface area contributed by atoms with Crippen molar-refractivity contribution in [2.75, 3.05) is 17.9 Å². The number of carbonyl (C=O) groups excluding carboxylic acids is 1. The number of fused-ring (bicyclic) bond motifs is 1. The number of rotatable bonds is 8. The molecule has 0 saturated heterocycles. The standard InChI is InChI=1S/C23H24N2O5S2/c1-2-19(17-7-10-20-21(15-17)30-12-11-29-20)24-22(26)14-16-5-8-18(9-6-16)25-32(27,28)23-4-3-13-31-23/h3-10,13,15,19,25H,2,11-12,14H2,1H3,(H,24,26). The third kappa shape index (κ3) is 5.23. The Balaban J connectivity index is 1.37. The van der Waals surface area contributed by atoms with E-state index >= 15 is 0 Å². The first kappa shape index (κ1) is 22.2. The summed E-state index contributed by atoms with van der Waals surface area (Å²) in [7, 11) is -3.59. The summed E-state index contributed by atoms with van der Waals surface area (Å²) in [5, 5.41) is 4.78. The van der Waals surface area contributed by atoms with E-state index in [4.69, 9.17) is 9.47 Å². The predicted molar refractivity (Wildman–Crippen MR) is 124 cm³/mol. The lowest BCUT2D eigenvalue weighted by atomic mass is 10.0. The van der Waals surface area contributed by atoms with Crippen molar-refractivity contribution in [3.8, 4) is 11.5 Å². The molecule has 3 aromatic rings. The van der Waals surface area contributed by atoms with Gasteiger partial charge in [-0.05, 0) is 53.3 Å². The number of benzene rings is 2. The molecule has 0 bridgehead atoms. The number of nitrogens with one attached hydrogen (secondary N) is 2. The van der Waals surface area contributed by atoms with Crippen molar-refractivity contribution in [2.24, 2.45) is 0 Å². The lowest BCUT2D eigenvalue weighted by Crippen LogP contribution is -2.29. The molecule has 9 heteroatoms. The molecule has 4 rings (SSSR count). The molecule has 0 radical (unpaired) electrons. The third-order valence-corrected chi connectivity index (χ3v) is 7.82. The molecule has 0 spiro atoms. The van der Waals surface area contributed by atoms with Crippen LogP contribution in [-0.4, -0.2) is 27.5 Å². The van der Waals surface area contributed by atoms with E-state index in [1.165, 1.54) is 0 Å². The summed E-state index contributed by atoms with van der Waals surface area (Å²) in [6, 6.07) is 15.6. The maximum absolute atomic E-state index is 12.6. The minimum atomic E-state index is -3.59. The maximum atomic E-state index is 12.6. The van der Waals surface area contributed by atoms with E-state index in [9.17, 15) is 13.2 Å². The highest BCUT2D eigenvalue weighted by Gasteiger charge is 2.18. The van der Waals surface area contributed by atoms with Gasteiger partial charge >= 0.3 is 0 Å². The largest absolute Gasteiger partial charge is 0.486 e. The molecule has 1 aliphatic rings. The van der Waals surface area contributed by atoms with Crippen LogP contribution in [0.2, 0.25) is 0 Å². The summed E-state index contributed by atoms with van der Waals surface area (Å²) >= 11 is 1.16. The molecule has 1 aliphatic heterocycles. The SMILES string of the molecule is CCC(NC(=O)Cc1ccc(NS(=O)(=O)c2cccs2)cc1)c1ccc2c(c1)OCCO2. The lowest BCUT2D eigenvalue weighted by Gasteiger charge is -2.22. The fourth-order valence-electron chi connectivity index (χ4n) is 3.44. The number of hydrogen-bond donors (Lipinski definition) is 2.